The normalized spacial score (nSPS) is 11.3. The zero-order valence-corrected chi connectivity index (χ0v) is 15.2. The maximum atomic E-state index is 12.3. The molecule has 1 amide bonds. The molecule has 0 aromatic heterocycles. The molecule has 0 heterocycles. The van der Waals surface area contributed by atoms with Gasteiger partial charge in [-0.25, -0.2) is 0 Å². The maximum Gasteiger partial charge on any atom is 0.313 e. The number of carbonyl (C=O) groups is 2. The van der Waals surface area contributed by atoms with Crippen LogP contribution in [0.15, 0.2) is 48.5 Å². The minimum atomic E-state index is -0.423. The van der Waals surface area contributed by atoms with Crippen molar-refractivity contribution in [1.29, 1.82) is 0 Å². The molecule has 0 saturated heterocycles. The third-order valence-electron chi connectivity index (χ3n) is 3.91. The SMILES string of the molecule is CCC(C(=O)OCC(=O)Nc1ccc(OC)c(OC)c1)c1ccccc1. The average Bonchev–Trinajstić information content (AvgIpc) is 2.67. The van der Waals surface area contributed by atoms with Crippen LogP contribution < -0.4 is 14.8 Å². The van der Waals surface area contributed by atoms with Gasteiger partial charge in [0.05, 0.1) is 20.1 Å². The number of carbonyl (C=O) groups excluding carboxylic acids is 2. The second kappa shape index (κ2) is 9.46. The van der Waals surface area contributed by atoms with E-state index in [1.165, 1.54) is 14.2 Å². The molecule has 1 unspecified atom stereocenters. The number of amides is 1. The van der Waals surface area contributed by atoms with Crippen molar-refractivity contribution >= 4 is 17.6 Å². The standard InChI is InChI=1S/C20H23NO5/c1-4-16(14-8-6-5-7-9-14)20(23)26-13-19(22)21-15-10-11-17(24-2)18(12-15)25-3/h5-12,16H,4,13H2,1-3H3,(H,21,22). The summed E-state index contributed by atoms with van der Waals surface area (Å²) >= 11 is 0. The van der Waals surface area contributed by atoms with E-state index in [0.717, 1.165) is 5.56 Å². The highest BCUT2D eigenvalue weighted by atomic mass is 16.5. The zero-order valence-electron chi connectivity index (χ0n) is 15.2. The van der Waals surface area contributed by atoms with E-state index in [9.17, 15) is 9.59 Å². The Balaban J connectivity index is 1.93. The molecule has 2 aromatic rings. The van der Waals surface area contributed by atoms with Gasteiger partial charge in [0.25, 0.3) is 5.91 Å². The summed E-state index contributed by atoms with van der Waals surface area (Å²) in [6, 6.07) is 14.4. The lowest BCUT2D eigenvalue weighted by Crippen LogP contribution is -2.23. The molecule has 1 N–H and O–H groups in total. The number of hydrogen-bond acceptors (Lipinski definition) is 5. The molecule has 1 atom stereocenters. The van der Waals surface area contributed by atoms with Gasteiger partial charge in [-0.05, 0) is 24.1 Å². The monoisotopic (exact) mass is 357 g/mol. The van der Waals surface area contributed by atoms with Gasteiger partial charge in [-0.1, -0.05) is 37.3 Å². The number of esters is 1. The highest BCUT2D eigenvalue weighted by Crippen LogP contribution is 2.29. The Hall–Kier alpha value is -3.02. The number of rotatable bonds is 8. The lowest BCUT2D eigenvalue weighted by Gasteiger charge is -2.15. The average molecular weight is 357 g/mol. The van der Waals surface area contributed by atoms with E-state index in [0.29, 0.717) is 23.6 Å². The predicted molar refractivity (Wildman–Crippen MR) is 98.6 cm³/mol. The van der Waals surface area contributed by atoms with Gasteiger partial charge < -0.3 is 19.5 Å². The van der Waals surface area contributed by atoms with Crippen LogP contribution in [0.5, 0.6) is 11.5 Å². The number of hydrogen-bond donors (Lipinski definition) is 1. The van der Waals surface area contributed by atoms with Gasteiger partial charge in [-0.15, -0.1) is 0 Å². The number of nitrogens with one attached hydrogen (secondary N) is 1. The van der Waals surface area contributed by atoms with Crippen LogP contribution in [0.1, 0.15) is 24.8 Å². The van der Waals surface area contributed by atoms with Crippen LogP contribution in [0.3, 0.4) is 0 Å². The van der Waals surface area contributed by atoms with Crippen molar-refractivity contribution in [3.8, 4) is 11.5 Å². The van der Waals surface area contributed by atoms with Crippen molar-refractivity contribution in [3.63, 3.8) is 0 Å². The van der Waals surface area contributed by atoms with Gasteiger partial charge in [0.15, 0.2) is 18.1 Å². The molecular formula is C20H23NO5. The lowest BCUT2D eigenvalue weighted by molar-refractivity contribution is -0.149. The van der Waals surface area contributed by atoms with Gasteiger partial charge in [0.1, 0.15) is 0 Å². The molecule has 0 spiro atoms. The molecular weight excluding hydrogens is 334 g/mol. The molecule has 0 fully saturated rings. The van der Waals surface area contributed by atoms with E-state index in [-0.39, 0.29) is 12.5 Å². The largest absolute Gasteiger partial charge is 0.493 e. The Bertz CT molecular complexity index is 745. The van der Waals surface area contributed by atoms with E-state index in [1.54, 1.807) is 18.2 Å². The van der Waals surface area contributed by atoms with Gasteiger partial charge in [0.2, 0.25) is 0 Å². The Kier molecular flexibility index (Phi) is 7.02. The summed E-state index contributed by atoms with van der Waals surface area (Å²) in [6.07, 6.45) is 0.597. The first kappa shape index (κ1) is 19.3. The van der Waals surface area contributed by atoms with Crippen molar-refractivity contribution in [2.24, 2.45) is 0 Å². The fourth-order valence-corrected chi connectivity index (χ4v) is 2.57. The predicted octanol–water partition coefficient (Wildman–Crippen LogP) is 3.38. The molecule has 0 saturated carbocycles. The van der Waals surface area contributed by atoms with Crippen LogP contribution in [-0.4, -0.2) is 32.7 Å². The first-order chi connectivity index (χ1) is 12.6. The van der Waals surface area contributed by atoms with Crippen molar-refractivity contribution in [3.05, 3.63) is 54.1 Å². The van der Waals surface area contributed by atoms with Gasteiger partial charge in [0, 0.05) is 11.8 Å². The topological polar surface area (TPSA) is 73.9 Å². The summed E-state index contributed by atoms with van der Waals surface area (Å²) in [4.78, 5) is 24.3. The van der Waals surface area contributed by atoms with Gasteiger partial charge >= 0.3 is 5.97 Å². The first-order valence-corrected chi connectivity index (χ1v) is 8.32. The lowest BCUT2D eigenvalue weighted by atomic mass is 9.97. The van der Waals surface area contributed by atoms with Crippen LogP contribution in [0.2, 0.25) is 0 Å². The highest BCUT2D eigenvalue weighted by molar-refractivity contribution is 5.93. The Morgan fingerprint density at radius 1 is 1.00 bits per heavy atom. The minimum absolute atomic E-state index is 0.351. The summed E-state index contributed by atoms with van der Waals surface area (Å²) in [5.41, 5.74) is 1.40. The third-order valence-corrected chi connectivity index (χ3v) is 3.91. The fourth-order valence-electron chi connectivity index (χ4n) is 2.57. The second-order valence-electron chi connectivity index (χ2n) is 5.60. The number of methoxy groups -OCH3 is 2. The smallest absolute Gasteiger partial charge is 0.313 e. The van der Waals surface area contributed by atoms with Crippen molar-refractivity contribution in [2.75, 3.05) is 26.1 Å². The number of benzene rings is 2. The van der Waals surface area contributed by atoms with Crippen LogP contribution in [0, 0.1) is 0 Å². The summed E-state index contributed by atoms with van der Waals surface area (Å²) in [7, 11) is 3.05. The molecule has 6 heteroatoms. The molecule has 2 aromatic carbocycles. The summed E-state index contributed by atoms with van der Waals surface area (Å²) in [5, 5.41) is 2.67. The number of anilines is 1. The Morgan fingerprint density at radius 3 is 2.31 bits per heavy atom. The second-order valence-corrected chi connectivity index (χ2v) is 5.60. The van der Waals surface area contributed by atoms with Crippen LogP contribution in [-0.2, 0) is 14.3 Å². The minimum Gasteiger partial charge on any atom is -0.493 e. The Labute approximate surface area is 153 Å². The molecule has 2 rings (SSSR count). The molecule has 138 valence electrons. The third kappa shape index (κ3) is 4.99. The van der Waals surface area contributed by atoms with E-state index in [1.807, 2.05) is 37.3 Å². The van der Waals surface area contributed by atoms with E-state index >= 15 is 0 Å². The van der Waals surface area contributed by atoms with Crippen molar-refractivity contribution < 1.29 is 23.8 Å². The Morgan fingerprint density at radius 2 is 1.69 bits per heavy atom. The van der Waals surface area contributed by atoms with Crippen LogP contribution in [0.25, 0.3) is 0 Å². The van der Waals surface area contributed by atoms with Crippen molar-refractivity contribution in [2.45, 2.75) is 19.3 Å². The zero-order chi connectivity index (χ0) is 18.9. The van der Waals surface area contributed by atoms with Crippen LogP contribution >= 0.6 is 0 Å². The molecule has 0 aliphatic rings. The molecule has 0 bridgehead atoms. The van der Waals surface area contributed by atoms with E-state index in [4.69, 9.17) is 14.2 Å². The summed E-state index contributed by atoms with van der Waals surface area (Å²) in [6.45, 7) is 1.55. The molecule has 0 radical (unpaired) electrons. The summed E-state index contributed by atoms with van der Waals surface area (Å²) in [5.74, 6) is -0.164. The number of ether oxygens (including phenoxy) is 3. The molecule has 0 aliphatic heterocycles. The molecule has 26 heavy (non-hydrogen) atoms. The summed E-state index contributed by atoms with van der Waals surface area (Å²) < 4.78 is 15.5. The van der Waals surface area contributed by atoms with Crippen molar-refractivity contribution in [1.82, 2.24) is 0 Å². The quantitative estimate of drug-likeness (QED) is 0.733. The van der Waals surface area contributed by atoms with E-state index in [2.05, 4.69) is 5.32 Å². The van der Waals surface area contributed by atoms with Crippen LogP contribution in [0.4, 0.5) is 5.69 Å². The first-order valence-electron chi connectivity index (χ1n) is 8.32. The highest BCUT2D eigenvalue weighted by Gasteiger charge is 2.21. The van der Waals surface area contributed by atoms with E-state index < -0.39 is 11.9 Å². The van der Waals surface area contributed by atoms with Gasteiger partial charge in [-0.3, -0.25) is 9.59 Å². The maximum absolute atomic E-state index is 12.3. The molecule has 6 nitrogen and oxygen atoms in total. The van der Waals surface area contributed by atoms with Gasteiger partial charge in [-0.2, -0.15) is 0 Å². The molecule has 0 aliphatic carbocycles. The fraction of sp³-hybridized carbons (Fsp3) is 0.300.